The number of urea groups is 1. The fraction of sp³-hybridized carbons (Fsp3) is 0.318. The summed E-state index contributed by atoms with van der Waals surface area (Å²) in [7, 11) is 0. The van der Waals surface area contributed by atoms with Gasteiger partial charge >= 0.3 is 6.03 Å². The highest BCUT2D eigenvalue weighted by Crippen LogP contribution is 2.21. The maximum absolute atomic E-state index is 12.2. The molecule has 4 rings (SSSR count). The van der Waals surface area contributed by atoms with Crippen molar-refractivity contribution in [3.8, 4) is 0 Å². The lowest BCUT2D eigenvalue weighted by atomic mass is 10.2. The van der Waals surface area contributed by atoms with Crippen molar-refractivity contribution in [2.45, 2.75) is 13.1 Å². The number of carbonyl (C=O) groups excluding carboxylic acids is 1. The SMILES string of the molecule is O=C(NCc1ccc(Cl)cc1)Nc1ccc2c(ccn2CCN2CCOCC2)c1. The summed E-state index contributed by atoms with van der Waals surface area (Å²) < 4.78 is 7.66. The third kappa shape index (κ3) is 5.29. The lowest BCUT2D eigenvalue weighted by Crippen LogP contribution is -2.38. The predicted molar refractivity (Wildman–Crippen MR) is 117 cm³/mol. The maximum atomic E-state index is 12.2. The standard InChI is InChI=1S/C22H25ClN4O2/c23-19-3-1-17(2-4-19)16-24-22(28)25-20-5-6-21-18(15-20)7-8-27(21)10-9-26-11-13-29-14-12-26/h1-8,15H,9-14,16H2,(H2,24,25,28). The minimum atomic E-state index is -0.231. The Bertz CT molecular complexity index is 965. The van der Waals surface area contributed by atoms with Gasteiger partial charge in [-0.25, -0.2) is 4.79 Å². The molecule has 0 spiro atoms. The first kappa shape index (κ1) is 19.8. The van der Waals surface area contributed by atoms with Gasteiger partial charge in [-0.15, -0.1) is 0 Å². The molecule has 152 valence electrons. The second-order valence-electron chi connectivity index (χ2n) is 7.17. The van der Waals surface area contributed by atoms with Crippen molar-refractivity contribution < 1.29 is 9.53 Å². The van der Waals surface area contributed by atoms with Crippen LogP contribution in [-0.2, 0) is 17.8 Å². The number of ether oxygens (including phenoxy) is 1. The summed E-state index contributed by atoms with van der Waals surface area (Å²) in [5, 5.41) is 7.56. The summed E-state index contributed by atoms with van der Waals surface area (Å²) in [5.41, 5.74) is 2.94. The van der Waals surface area contributed by atoms with E-state index in [1.165, 1.54) is 5.52 Å². The van der Waals surface area contributed by atoms with Crippen LogP contribution >= 0.6 is 11.6 Å². The van der Waals surface area contributed by atoms with Crippen LogP contribution in [0.2, 0.25) is 5.02 Å². The Morgan fingerprint density at radius 3 is 2.62 bits per heavy atom. The van der Waals surface area contributed by atoms with Gasteiger partial charge in [-0.1, -0.05) is 23.7 Å². The van der Waals surface area contributed by atoms with E-state index >= 15 is 0 Å². The first-order chi connectivity index (χ1) is 14.2. The highest BCUT2D eigenvalue weighted by molar-refractivity contribution is 6.30. The minimum Gasteiger partial charge on any atom is -0.379 e. The first-order valence-corrected chi connectivity index (χ1v) is 10.2. The second kappa shape index (κ2) is 9.31. The van der Waals surface area contributed by atoms with Gasteiger partial charge in [0.2, 0.25) is 0 Å². The molecule has 3 aromatic rings. The van der Waals surface area contributed by atoms with E-state index in [-0.39, 0.29) is 6.03 Å². The van der Waals surface area contributed by atoms with Crippen LogP contribution < -0.4 is 10.6 Å². The molecule has 0 unspecified atom stereocenters. The van der Waals surface area contributed by atoms with Crippen molar-refractivity contribution in [2.75, 3.05) is 38.2 Å². The first-order valence-electron chi connectivity index (χ1n) is 9.86. The third-order valence-corrected chi connectivity index (χ3v) is 5.41. The molecule has 1 aliphatic rings. The fourth-order valence-electron chi connectivity index (χ4n) is 3.51. The Labute approximate surface area is 175 Å². The Balaban J connectivity index is 1.32. The van der Waals surface area contributed by atoms with E-state index in [9.17, 15) is 4.79 Å². The van der Waals surface area contributed by atoms with Gasteiger partial charge in [0.1, 0.15) is 0 Å². The van der Waals surface area contributed by atoms with E-state index in [0.717, 1.165) is 56.0 Å². The van der Waals surface area contributed by atoms with Crippen molar-refractivity contribution in [3.63, 3.8) is 0 Å². The Hall–Kier alpha value is -2.54. The zero-order valence-electron chi connectivity index (χ0n) is 16.2. The molecule has 1 aliphatic heterocycles. The number of hydrogen-bond acceptors (Lipinski definition) is 3. The third-order valence-electron chi connectivity index (χ3n) is 5.16. The summed E-state index contributed by atoms with van der Waals surface area (Å²) in [5.74, 6) is 0. The van der Waals surface area contributed by atoms with Crippen LogP contribution in [0, 0.1) is 0 Å². The van der Waals surface area contributed by atoms with Gasteiger partial charge in [-0.3, -0.25) is 4.90 Å². The van der Waals surface area contributed by atoms with E-state index in [1.54, 1.807) is 0 Å². The average Bonchev–Trinajstić information content (AvgIpc) is 3.15. The molecule has 0 bridgehead atoms. The Morgan fingerprint density at radius 1 is 1.03 bits per heavy atom. The maximum Gasteiger partial charge on any atom is 0.319 e. The highest BCUT2D eigenvalue weighted by atomic mass is 35.5. The summed E-state index contributed by atoms with van der Waals surface area (Å²) >= 11 is 5.88. The summed E-state index contributed by atoms with van der Waals surface area (Å²) in [6.07, 6.45) is 2.11. The van der Waals surface area contributed by atoms with Crippen molar-refractivity contribution in [1.29, 1.82) is 0 Å². The number of halogens is 1. The van der Waals surface area contributed by atoms with Crippen LogP contribution in [0.15, 0.2) is 54.7 Å². The quantitative estimate of drug-likeness (QED) is 0.644. The zero-order valence-corrected chi connectivity index (χ0v) is 17.0. The van der Waals surface area contributed by atoms with Crippen LogP contribution in [0.1, 0.15) is 5.56 Å². The van der Waals surface area contributed by atoms with Gasteiger partial charge in [-0.2, -0.15) is 0 Å². The van der Waals surface area contributed by atoms with E-state index in [1.807, 2.05) is 36.4 Å². The molecule has 1 saturated heterocycles. The summed E-state index contributed by atoms with van der Waals surface area (Å²) in [4.78, 5) is 14.6. The normalized spacial score (nSPS) is 14.8. The van der Waals surface area contributed by atoms with Crippen LogP contribution in [0.5, 0.6) is 0 Å². The largest absolute Gasteiger partial charge is 0.379 e. The van der Waals surface area contributed by atoms with E-state index < -0.39 is 0 Å². The van der Waals surface area contributed by atoms with Gasteiger partial charge in [0.25, 0.3) is 0 Å². The molecule has 1 fully saturated rings. The second-order valence-corrected chi connectivity index (χ2v) is 7.61. The number of nitrogens with zero attached hydrogens (tertiary/aromatic N) is 2. The molecule has 2 aromatic carbocycles. The van der Waals surface area contributed by atoms with Crippen LogP contribution in [-0.4, -0.2) is 48.3 Å². The molecule has 29 heavy (non-hydrogen) atoms. The highest BCUT2D eigenvalue weighted by Gasteiger charge is 2.11. The molecule has 6 nitrogen and oxygen atoms in total. The van der Waals surface area contributed by atoms with E-state index in [0.29, 0.717) is 11.6 Å². The fourth-order valence-corrected chi connectivity index (χ4v) is 3.63. The molecule has 0 aliphatic carbocycles. The number of benzene rings is 2. The molecule has 0 atom stereocenters. The van der Waals surface area contributed by atoms with Crippen molar-refractivity contribution in [3.05, 3.63) is 65.3 Å². The zero-order chi connectivity index (χ0) is 20.1. The number of carbonyl (C=O) groups is 1. The number of rotatable bonds is 6. The van der Waals surface area contributed by atoms with Crippen molar-refractivity contribution >= 4 is 34.2 Å². The Morgan fingerprint density at radius 2 is 1.83 bits per heavy atom. The number of amides is 2. The van der Waals surface area contributed by atoms with Gasteiger partial charge in [-0.05, 0) is 42.0 Å². The van der Waals surface area contributed by atoms with Crippen LogP contribution in [0.25, 0.3) is 10.9 Å². The monoisotopic (exact) mass is 412 g/mol. The van der Waals surface area contributed by atoms with Gasteiger partial charge in [0, 0.05) is 60.5 Å². The number of nitrogens with one attached hydrogen (secondary N) is 2. The number of morpholine rings is 1. The number of fused-ring (bicyclic) bond motifs is 1. The summed E-state index contributed by atoms with van der Waals surface area (Å²) in [6, 6.07) is 15.3. The molecular formula is C22H25ClN4O2. The Kier molecular flexibility index (Phi) is 6.34. The molecule has 7 heteroatoms. The molecule has 0 saturated carbocycles. The molecule has 2 heterocycles. The molecule has 2 amide bonds. The lowest BCUT2D eigenvalue weighted by Gasteiger charge is -2.26. The van der Waals surface area contributed by atoms with Gasteiger partial charge < -0.3 is 19.9 Å². The van der Waals surface area contributed by atoms with Gasteiger partial charge in [0.15, 0.2) is 0 Å². The van der Waals surface area contributed by atoms with E-state index in [4.69, 9.17) is 16.3 Å². The van der Waals surface area contributed by atoms with Crippen molar-refractivity contribution in [1.82, 2.24) is 14.8 Å². The topological polar surface area (TPSA) is 58.5 Å². The minimum absolute atomic E-state index is 0.231. The smallest absolute Gasteiger partial charge is 0.319 e. The number of anilines is 1. The predicted octanol–water partition coefficient (Wildman–Crippen LogP) is 3.95. The number of aromatic nitrogens is 1. The van der Waals surface area contributed by atoms with Crippen LogP contribution in [0.4, 0.5) is 10.5 Å². The molecule has 2 N–H and O–H groups in total. The molecule has 1 aromatic heterocycles. The lowest BCUT2D eigenvalue weighted by molar-refractivity contribution is 0.0365. The number of hydrogen-bond donors (Lipinski definition) is 2. The van der Waals surface area contributed by atoms with Crippen LogP contribution in [0.3, 0.4) is 0 Å². The average molecular weight is 413 g/mol. The summed E-state index contributed by atoms with van der Waals surface area (Å²) in [6.45, 7) is 6.04. The molecular weight excluding hydrogens is 388 g/mol. The van der Waals surface area contributed by atoms with Gasteiger partial charge in [0.05, 0.1) is 13.2 Å². The van der Waals surface area contributed by atoms with E-state index in [2.05, 4.69) is 38.4 Å². The molecule has 0 radical (unpaired) electrons. The van der Waals surface area contributed by atoms with Crippen molar-refractivity contribution in [2.24, 2.45) is 0 Å².